The molecule has 136 valence electrons. The second-order valence-corrected chi connectivity index (χ2v) is 7.02. The third kappa shape index (κ3) is 3.53. The van der Waals surface area contributed by atoms with Gasteiger partial charge in [0.2, 0.25) is 0 Å². The SMILES string of the molecule is Cc1cn(-c2ccc(CC(c3cnc[nH]3)c3cccc(C)c3C)cc2)nn1. The standard InChI is InChI=1S/C22H23N5/c1-15-5-4-6-20(17(15)3)21(22-12-23-14-24-22)11-18-7-9-19(10-8-18)27-13-16(2)25-26-27/h4-10,12-14,21H,11H2,1-3H3,(H,23,24). The first-order valence-electron chi connectivity index (χ1n) is 9.14. The summed E-state index contributed by atoms with van der Waals surface area (Å²) in [6, 6.07) is 15.0. The lowest BCUT2D eigenvalue weighted by molar-refractivity contribution is 0.769. The molecule has 0 aliphatic heterocycles. The Morgan fingerprint density at radius 1 is 1.04 bits per heavy atom. The second kappa shape index (κ2) is 7.19. The molecule has 0 fully saturated rings. The number of aryl methyl sites for hydroxylation is 2. The monoisotopic (exact) mass is 357 g/mol. The normalized spacial score (nSPS) is 12.3. The van der Waals surface area contributed by atoms with Gasteiger partial charge in [0, 0.05) is 17.8 Å². The number of H-pyrrole nitrogens is 1. The van der Waals surface area contributed by atoms with Crippen LogP contribution in [0.4, 0.5) is 0 Å². The summed E-state index contributed by atoms with van der Waals surface area (Å²) in [4.78, 5) is 7.55. The van der Waals surface area contributed by atoms with Crippen LogP contribution in [0.15, 0.2) is 61.2 Å². The van der Waals surface area contributed by atoms with E-state index >= 15 is 0 Å². The van der Waals surface area contributed by atoms with Crippen molar-refractivity contribution in [3.8, 4) is 5.69 Å². The molecule has 5 nitrogen and oxygen atoms in total. The van der Waals surface area contributed by atoms with E-state index in [2.05, 4.69) is 76.6 Å². The largest absolute Gasteiger partial charge is 0.348 e. The van der Waals surface area contributed by atoms with E-state index in [1.165, 1.54) is 22.3 Å². The van der Waals surface area contributed by atoms with Gasteiger partial charge < -0.3 is 4.98 Å². The fraction of sp³-hybridized carbons (Fsp3) is 0.227. The number of nitrogens with zero attached hydrogens (tertiary/aromatic N) is 4. The van der Waals surface area contributed by atoms with Crippen molar-refractivity contribution in [2.24, 2.45) is 0 Å². The van der Waals surface area contributed by atoms with Crippen LogP contribution in [0.25, 0.3) is 5.69 Å². The second-order valence-electron chi connectivity index (χ2n) is 7.02. The van der Waals surface area contributed by atoms with Crippen molar-refractivity contribution in [2.75, 3.05) is 0 Å². The third-order valence-corrected chi connectivity index (χ3v) is 5.17. The number of aromatic nitrogens is 5. The summed E-state index contributed by atoms with van der Waals surface area (Å²) in [5.41, 5.74) is 8.34. The van der Waals surface area contributed by atoms with Gasteiger partial charge in [-0.3, -0.25) is 0 Å². The van der Waals surface area contributed by atoms with E-state index in [-0.39, 0.29) is 5.92 Å². The van der Waals surface area contributed by atoms with Gasteiger partial charge in [0.25, 0.3) is 0 Å². The maximum absolute atomic E-state index is 4.24. The van der Waals surface area contributed by atoms with Gasteiger partial charge in [0.15, 0.2) is 0 Å². The smallest absolute Gasteiger partial charge is 0.0921 e. The first-order valence-corrected chi connectivity index (χ1v) is 9.14. The van der Waals surface area contributed by atoms with Crippen LogP contribution in [0.2, 0.25) is 0 Å². The molecule has 0 saturated carbocycles. The van der Waals surface area contributed by atoms with Gasteiger partial charge in [-0.05, 0) is 61.6 Å². The highest BCUT2D eigenvalue weighted by molar-refractivity contribution is 5.41. The van der Waals surface area contributed by atoms with Crippen molar-refractivity contribution in [3.63, 3.8) is 0 Å². The number of hydrogen-bond acceptors (Lipinski definition) is 3. The lowest BCUT2D eigenvalue weighted by atomic mass is 9.85. The molecule has 1 unspecified atom stereocenters. The average Bonchev–Trinajstić information content (AvgIpc) is 3.35. The van der Waals surface area contributed by atoms with E-state index in [1.807, 2.05) is 19.3 Å². The van der Waals surface area contributed by atoms with Crippen molar-refractivity contribution in [1.29, 1.82) is 0 Å². The van der Waals surface area contributed by atoms with Crippen LogP contribution in [0, 0.1) is 20.8 Å². The number of aromatic amines is 1. The predicted molar refractivity (Wildman–Crippen MR) is 106 cm³/mol. The molecule has 4 rings (SSSR count). The number of hydrogen-bond donors (Lipinski definition) is 1. The van der Waals surface area contributed by atoms with E-state index in [4.69, 9.17) is 0 Å². The van der Waals surface area contributed by atoms with Crippen molar-refractivity contribution in [3.05, 3.63) is 94.8 Å². The minimum Gasteiger partial charge on any atom is -0.348 e. The molecule has 4 aromatic rings. The Hall–Kier alpha value is -3.21. The fourth-order valence-corrected chi connectivity index (χ4v) is 3.49. The Kier molecular flexibility index (Phi) is 4.59. The molecular formula is C22H23N5. The molecule has 0 radical (unpaired) electrons. The summed E-state index contributed by atoms with van der Waals surface area (Å²) in [6.07, 6.45) is 6.52. The van der Waals surface area contributed by atoms with Crippen LogP contribution in [0.5, 0.6) is 0 Å². The molecule has 0 amide bonds. The highest BCUT2D eigenvalue weighted by Crippen LogP contribution is 2.30. The first-order chi connectivity index (χ1) is 13.1. The highest BCUT2D eigenvalue weighted by atomic mass is 15.4. The summed E-state index contributed by atoms with van der Waals surface area (Å²) >= 11 is 0. The zero-order valence-corrected chi connectivity index (χ0v) is 15.8. The molecule has 2 aromatic carbocycles. The van der Waals surface area contributed by atoms with Gasteiger partial charge in [0.1, 0.15) is 0 Å². The maximum atomic E-state index is 4.24. The minimum atomic E-state index is 0.242. The fourth-order valence-electron chi connectivity index (χ4n) is 3.49. The molecule has 0 saturated heterocycles. The van der Waals surface area contributed by atoms with Crippen LogP contribution < -0.4 is 0 Å². The van der Waals surface area contributed by atoms with Gasteiger partial charge in [-0.1, -0.05) is 35.5 Å². The van der Waals surface area contributed by atoms with Gasteiger partial charge in [-0.25, -0.2) is 9.67 Å². The minimum absolute atomic E-state index is 0.242. The van der Waals surface area contributed by atoms with Crippen LogP contribution in [0.3, 0.4) is 0 Å². The maximum Gasteiger partial charge on any atom is 0.0921 e. The molecule has 0 aliphatic carbocycles. The van der Waals surface area contributed by atoms with Gasteiger partial charge in [-0.15, -0.1) is 5.10 Å². The lowest BCUT2D eigenvalue weighted by Crippen LogP contribution is -2.08. The van der Waals surface area contributed by atoms with Gasteiger partial charge in [-0.2, -0.15) is 0 Å². The quantitative estimate of drug-likeness (QED) is 0.580. The zero-order chi connectivity index (χ0) is 18.8. The van der Waals surface area contributed by atoms with Crippen LogP contribution >= 0.6 is 0 Å². The summed E-state index contributed by atoms with van der Waals surface area (Å²) in [5.74, 6) is 0.242. The molecule has 2 aromatic heterocycles. The zero-order valence-electron chi connectivity index (χ0n) is 15.8. The molecule has 0 aliphatic rings. The Balaban J connectivity index is 1.65. The lowest BCUT2D eigenvalue weighted by Gasteiger charge is -2.20. The molecule has 0 spiro atoms. The summed E-state index contributed by atoms with van der Waals surface area (Å²) in [5, 5.41) is 8.20. The van der Waals surface area contributed by atoms with E-state index in [0.717, 1.165) is 23.5 Å². The molecule has 1 atom stereocenters. The van der Waals surface area contributed by atoms with E-state index in [0.29, 0.717) is 0 Å². The predicted octanol–water partition coefficient (Wildman–Crippen LogP) is 4.29. The Morgan fingerprint density at radius 3 is 2.52 bits per heavy atom. The van der Waals surface area contributed by atoms with Crippen molar-refractivity contribution < 1.29 is 0 Å². The highest BCUT2D eigenvalue weighted by Gasteiger charge is 2.19. The number of rotatable bonds is 5. The number of imidazole rings is 1. The molecule has 0 bridgehead atoms. The topological polar surface area (TPSA) is 59.4 Å². The summed E-state index contributed by atoms with van der Waals surface area (Å²) < 4.78 is 1.80. The van der Waals surface area contributed by atoms with Crippen molar-refractivity contribution >= 4 is 0 Å². The molecule has 2 heterocycles. The Morgan fingerprint density at radius 2 is 1.85 bits per heavy atom. The number of benzene rings is 2. The van der Waals surface area contributed by atoms with Crippen LogP contribution in [-0.2, 0) is 6.42 Å². The van der Waals surface area contributed by atoms with Crippen molar-refractivity contribution in [2.45, 2.75) is 33.1 Å². The van der Waals surface area contributed by atoms with E-state index < -0.39 is 0 Å². The third-order valence-electron chi connectivity index (χ3n) is 5.17. The first kappa shape index (κ1) is 17.2. The summed E-state index contributed by atoms with van der Waals surface area (Å²) in [6.45, 7) is 6.30. The number of nitrogens with one attached hydrogen (secondary N) is 1. The van der Waals surface area contributed by atoms with Gasteiger partial charge in [0.05, 0.1) is 23.9 Å². The summed E-state index contributed by atoms with van der Waals surface area (Å²) in [7, 11) is 0. The molecule has 1 N–H and O–H groups in total. The van der Waals surface area contributed by atoms with Crippen LogP contribution in [0.1, 0.15) is 39.6 Å². The van der Waals surface area contributed by atoms with Crippen LogP contribution in [-0.4, -0.2) is 25.0 Å². The van der Waals surface area contributed by atoms with Gasteiger partial charge >= 0.3 is 0 Å². The molecule has 5 heteroatoms. The van der Waals surface area contributed by atoms with Crippen molar-refractivity contribution in [1.82, 2.24) is 25.0 Å². The average molecular weight is 357 g/mol. The molecular weight excluding hydrogens is 334 g/mol. The van der Waals surface area contributed by atoms with E-state index in [9.17, 15) is 0 Å². The Labute approximate surface area is 159 Å². The Bertz CT molecular complexity index is 1030. The van der Waals surface area contributed by atoms with E-state index in [1.54, 1.807) is 11.0 Å². The molecule has 27 heavy (non-hydrogen) atoms.